The lowest BCUT2D eigenvalue weighted by Gasteiger charge is -2.23. The number of alkyl carbamates (subject to hydrolysis) is 1. The van der Waals surface area contributed by atoms with Crippen LogP contribution in [0.25, 0.3) is 0 Å². The molecule has 0 fully saturated rings. The molecule has 1 heterocycles. The normalized spacial score (nSPS) is 12.5. The first-order valence-electron chi connectivity index (χ1n) is 7.53. The lowest BCUT2D eigenvalue weighted by molar-refractivity contribution is 0.0501. The third-order valence-electron chi connectivity index (χ3n) is 3.08. The predicted octanol–water partition coefficient (Wildman–Crippen LogP) is 3.23. The first-order valence-corrected chi connectivity index (χ1v) is 7.90. The van der Waals surface area contributed by atoms with Crippen LogP contribution in [-0.2, 0) is 11.2 Å². The van der Waals surface area contributed by atoms with E-state index in [0.29, 0.717) is 12.2 Å². The average Bonchev–Trinajstić information content (AvgIpc) is 2.48. The van der Waals surface area contributed by atoms with Crippen LogP contribution in [0.1, 0.15) is 38.2 Å². The summed E-state index contributed by atoms with van der Waals surface area (Å²) < 4.78 is 5.29. The third kappa shape index (κ3) is 5.38. The topological polar surface area (TPSA) is 84.1 Å². The van der Waals surface area contributed by atoms with Crippen LogP contribution in [0, 0.1) is 0 Å². The largest absolute Gasteiger partial charge is 0.444 e. The van der Waals surface area contributed by atoms with E-state index >= 15 is 0 Å². The van der Waals surface area contributed by atoms with Crippen LogP contribution in [0.3, 0.4) is 0 Å². The highest BCUT2D eigenvalue weighted by molar-refractivity contribution is 6.30. The summed E-state index contributed by atoms with van der Waals surface area (Å²) in [5.41, 5.74) is -0.0933. The van der Waals surface area contributed by atoms with Crippen molar-refractivity contribution in [2.45, 2.75) is 38.8 Å². The number of hydrogen-bond donors (Lipinski definition) is 2. The highest BCUT2D eigenvalue weighted by Crippen LogP contribution is 2.16. The number of carbonyl (C=O) groups is 1. The zero-order valence-electron chi connectivity index (χ0n) is 13.8. The van der Waals surface area contributed by atoms with E-state index in [4.69, 9.17) is 16.3 Å². The number of aromatic nitrogens is 2. The molecule has 7 heteroatoms. The molecule has 1 amide bonds. The molecule has 2 N–H and O–H groups in total. The molecule has 0 aliphatic carbocycles. The molecule has 1 aromatic carbocycles. The number of benzene rings is 1. The molecule has 2 aromatic rings. The zero-order chi connectivity index (χ0) is 17.7. The van der Waals surface area contributed by atoms with Crippen molar-refractivity contribution in [3.8, 4) is 0 Å². The molecule has 0 radical (unpaired) electrons. The number of rotatable bonds is 4. The molecule has 128 valence electrons. The first kappa shape index (κ1) is 18.0. The van der Waals surface area contributed by atoms with Crippen LogP contribution >= 0.6 is 11.6 Å². The lowest BCUT2D eigenvalue weighted by atomic mass is 10.1. The van der Waals surface area contributed by atoms with Crippen molar-refractivity contribution in [2.75, 3.05) is 0 Å². The summed E-state index contributed by atoms with van der Waals surface area (Å²) in [6.45, 7) is 5.34. The van der Waals surface area contributed by atoms with Crippen molar-refractivity contribution >= 4 is 17.7 Å². The molecule has 2 rings (SSSR count). The van der Waals surface area contributed by atoms with Gasteiger partial charge in [-0.2, -0.15) is 0 Å². The van der Waals surface area contributed by atoms with Gasteiger partial charge in [-0.05, 0) is 26.3 Å². The van der Waals surface area contributed by atoms with Gasteiger partial charge in [0.2, 0.25) is 0 Å². The predicted molar refractivity (Wildman–Crippen MR) is 92.1 cm³/mol. The van der Waals surface area contributed by atoms with E-state index in [1.54, 1.807) is 20.8 Å². The van der Waals surface area contributed by atoms with Gasteiger partial charge in [0.1, 0.15) is 16.4 Å². The van der Waals surface area contributed by atoms with Crippen molar-refractivity contribution in [3.05, 3.63) is 63.3 Å². The minimum atomic E-state index is -0.623. The van der Waals surface area contributed by atoms with Gasteiger partial charge in [0.05, 0.1) is 12.2 Å². The Hall–Kier alpha value is -2.34. The molecular weight excluding hydrogens is 330 g/mol. The van der Waals surface area contributed by atoms with Crippen molar-refractivity contribution < 1.29 is 9.53 Å². The van der Waals surface area contributed by atoms with Gasteiger partial charge in [0.25, 0.3) is 5.56 Å². The van der Waals surface area contributed by atoms with Gasteiger partial charge in [0.15, 0.2) is 0 Å². The Labute approximate surface area is 145 Å². The molecule has 0 saturated carbocycles. The number of hydrogen-bond acceptors (Lipinski definition) is 4. The molecule has 1 atom stereocenters. The van der Waals surface area contributed by atoms with Crippen LogP contribution in [0.5, 0.6) is 0 Å². The number of nitrogens with zero attached hydrogens (tertiary/aromatic N) is 1. The smallest absolute Gasteiger partial charge is 0.408 e. The Balaban J connectivity index is 2.25. The fraction of sp³-hybridized carbons (Fsp3) is 0.353. The molecule has 0 aliphatic rings. The fourth-order valence-corrected chi connectivity index (χ4v) is 2.18. The van der Waals surface area contributed by atoms with E-state index in [2.05, 4.69) is 15.3 Å². The van der Waals surface area contributed by atoms with E-state index in [0.717, 1.165) is 5.56 Å². The zero-order valence-corrected chi connectivity index (χ0v) is 14.6. The quantitative estimate of drug-likeness (QED) is 0.887. The van der Waals surface area contributed by atoms with Crippen LogP contribution in [0.4, 0.5) is 4.79 Å². The van der Waals surface area contributed by atoms with E-state index in [1.165, 1.54) is 6.20 Å². The second-order valence-corrected chi connectivity index (χ2v) is 6.74. The Morgan fingerprint density at radius 1 is 1.33 bits per heavy atom. The van der Waals surface area contributed by atoms with Crippen LogP contribution in [0.2, 0.25) is 5.02 Å². The summed E-state index contributed by atoms with van der Waals surface area (Å²) in [6, 6.07) is 9.01. The molecular formula is C17H20ClN3O3. The second-order valence-electron chi connectivity index (χ2n) is 6.33. The molecule has 0 saturated heterocycles. The fourth-order valence-electron chi connectivity index (χ4n) is 2.09. The van der Waals surface area contributed by atoms with Crippen molar-refractivity contribution in [3.63, 3.8) is 0 Å². The molecule has 6 nitrogen and oxygen atoms in total. The minimum Gasteiger partial charge on any atom is -0.444 e. The summed E-state index contributed by atoms with van der Waals surface area (Å²) in [5.74, 6) is 0.319. The number of halogens is 1. The number of ether oxygens (including phenoxy) is 1. The van der Waals surface area contributed by atoms with E-state index in [1.807, 2.05) is 30.3 Å². The summed E-state index contributed by atoms with van der Waals surface area (Å²) >= 11 is 5.72. The van der Waals surface area contributed by atoms with Gasteiger partial charge in [0, 0.05) is 6.42 Å². The maximum absolute atomic E-state index is 12.1. The van der Waals surface area contributed by atoms with Crippen LogP contribution < -0.4 is 10.9 Å². The number of nitrogens with one attached hydrogen (secondary N) is 2. The molecule has 24 heavy (non-hydrogen) atoms. The van der Waals surface area contributed by atoms with Gasteiger partial charge in [-0.15, -0.1) is 0 Å². The summed E-state index contributed by atoms with van der Waals surface area (Å²) in [7, 11) is 0. The van der Waals surface area contributed by atoms with Gasteiger partial charge in [-0.25, -0.2) is 9.78 Å². The summed E-state index contributed by atoms with van der Waals surface area (Å²) in [5, 5.41) is 2.74. The van der Waals surface area contributed by atoms with E-state index in [9.17, 15) is 9.59 Å². The maximum atomic E-state index is 12.1. The van der Waals surface area contributed by atoms with Gasteiger partial charge >= 0.3 is 6.09 Å². The van der Waals surface area contributed by atoms with Crippen molar-refractivity contribution in [1.82, 2.24) is 15.3 Å². The monoisotopic (exact) mass is 349 g/mol. The Morgan fingerprint density at radius 3 is 2.58 bits per heavy atom. The Morgan fingerprint density at radius 2 is 2.00 bits per heavy atom. The standard InChI is InChI=1S/C17H20ClN3O3/c1-17(2,3)24-16(23)20-13(9-11-7-5-4-6-8-11)14-19-10-12(18)15(22)21-14/h4-8,10,13H,9H2,1-3H3,(H,20,23)(H,19,21,22)/t13-/m0/s1. The molecule has 0 spiro atoms. The highest BCUT2D eigenvalue weighted by atomic mass is 35.5. The Bertz CT molecular complexity index is 754. The number of amides is 1. The molecule has 0 aliphatic heterocycles. The summed E-state index contributed by atoms with van der Waals surface area (Å²) in [6.07, 6.45) is 1.14. The lowest BCUT2D eigenvalue weighted by Crippen LogP contribution is -2.37. The Kier molecular flexibility index (Phi) is 5.62. The maximum Gasteiger partial charge on any atom is 0.408 e. The van der Waals surface area contributed by atoms with Crippen LogP contribution in [-0.4, -0.2) is 21.7 Å². The SMILES string of the molecule is CC(C)(C)OC(=O)N[C@@H](Cc1ccccc1)c1ncc(Cl)c(=O)[nH]1. The summed E-state index contributed by atoms with van der Waals surface area (Å²) in [4.78, 5) is 30.6. The molecule has 0 bridgehead atoms. The number of H-pyrrole nitrogens is 1. The average molecular weight is 350 g/mol. The molecule has 1 aromatic heterocycles. The van der Waals surface area contributed by atoms with E-state index in [-0.39, 0.29) is 5.02 Å². The van der Waals surface area contributed by atoms with Gasteiger partial charge < -0.3 is 15.0 Å². The third-order valence-corrected chi connectivity index (χ3v) is 3.35. The second kappa shape index (κ2) is 7.49. The van der Waals surface area contributed by atoms with E-state index < -0.39 is 23.3 Å². The highest BCUT2D eigenvalue weighted by Gasteiger charge is 2.22. The van der Waals surface area contributed by atoms with Gasteiger partial charge in [-0.3, -0.25) is 4.79 Å². The van der Waals surface area contributed by atoms with Crippen molar-refractivity contribution in [2.24, 2.45) is 0 Å². The van der Waals surface area contributed by atoms with Crippen molar-refractivity contribution in [1.29, 1.82) is 0 Å². The first-order chi connectivity index (χ1) is 11.2. The minimum absolute atomic E-state index is 0.00511. The number of carbonyl (C=O) groups excluding carboxylic acids is 1. The van der Waals surface area contributed by atoms with Crippen LogP contribution in [0.15, 0.2) is 41.3 Å². The van der Waals surface area contributed by atoms with Gasteiger partial charge in [-0.1, -0.05) is 41.9 Å². The molecule has 0 unspecified atom stereocenters. The number of aromatic amines is 1.